The molecule has 0 unspecified atom stereocenters. The van der Waals surface area contributed by atoms with Crippen molar-refractivity contribution in [2.45, 2.75) is 20.8 Å². The standard InChI is InChI=1S/C19H19FN/c1-12-11-17(13(2)14(3)18(12)20)19-16-8-6-5-7-15(16)9-10-21(19)4/h5-11H,1-4H3/q+1. The molecule has 2 aromatic carbocycles. The van der Waals surface area contributed by atoms with Gasteiger partial charge in [0.25, 0.3) is 0 Å². The molecule has 1 aromatic heterocycles. The topological polar surface area (TPSA) is 3.88 Å². The van der Waals surface area contributed by atoms with Gasteiger partial charge in [-0.2, -0.15) is 0 Å². The van der Waals surface area contributed by atoms with Crippen LogP contribution in [0.2, 0.25) is 0 Å². The second kappa shape index (κ2) is 4.96. The van der Waals surface area contributed by atoms with Gasteiger partial charge in [0.2, 0.25) is 5.69 Å². The SMILES string of the molecule is Cc1cc(-c2c3ccccc3cc[n+]2C)c(C)c(C)c1F. The minimum Gasteiger partial charge on any atom is -0.206 e. The summed E-state index contributed by atoms with van der Waals surface area (Å²) in [6.07, 6.45) is 2.06. The average molecular weight is 280 g/mol. The molecule has 0 spiro atoms. The lowest BCUT2D eigenvalue weighted by Gasteiger charge is -2.12. The molecule has 0 fully saturated rings. The van der Waals surface area contributed by atoms with E-state index in [4.69, 9.17) is 0 Å². The second-order valence-corrected chi connectivity index (χ2v) is 5.67. The quantitative estimate of drug-likeness (QED) is 0.582. The highest BCUT2D eigenvalue weighted by Gasteiger charge is 2.20. The zero-order valence-electron chi connectivity index (χ0n) is 12.9. The first kappa shape index (κ1) is 13.7. The van der Waals surface area contributed by atoms with E-state index >= 15 is 0 Å². The number of aromatic nitrogens is 1. The van der Waals surface area contributed by atoms with Crippen LogP contribution in [-0.4, -0.2) is 0 Å². The van der Waals surface area contributed by atoms with Crippen molar-refractivity contribution < 1.29 is 8.96 Å². The third kappa shape index (κ3) is 2.11. The molecule has 0 N–H and O–H groups in total. The zero-order chi connectivity index (χ0) is 15.1. The highest BCUT2D eigenvalue weighted by atomic mass is 19.1. The predicted octanol–water partition coefficient (Wildman–Crippen LogP) is 4.40. The third-order valence-electron chi connectivity index (χ3n) is 4.30. The smallest absolute Gasteiger partial charge is 0.206 e. The number of fused-ring (bicyclic) bond motifs is 1. The Hall–Kier alpha value is -2.22. The highest BCUT2D eigenvalue weighted by molar-refractivity contribution is 5.93. The van der Waals surface area contributed by atoms with Gasteiger partial charge in [-0.3, -0.25) is 0 Å². The van der Waals surface area contributed by atoms with Gasteiger partial charge in [-0.05, 0) is 55.0 Å². The van der Waals surface area contributed by atoms with Crippen LogP contribution in [0.1, 0.15) is 16.7 Å². The number of pyridine rings is 1. The molecule has 0 saturated carbocycles. The van der Waals surface area contributed by atoms with Crippen molar-refractivity contribution in [3.05, 3.63) is 65.1 Å². The third-order valence-corrected chi connectivity index (χ3v) is 4.30. The Morgan fingerprint density at radius 2 is 1.67 bits per heavy atom. The molecule has 0 aliphatic carbocycles. The van der Waals surface area contributed by atoms with Gasteiger partial charge in [0.05, 0.1) is 10.9 Å². The summed E-state index contributed by atoms with van der Waals surface area (Å²) < 4.78 is 16.2. The van der Waals surface area contributed by atoms with Crippen LogP contribution in [0.15, 0.2) is 42.6 Å². The molecule has 0 amide bonds. The number of rotatable bonds is 1. The summed E-state index contributed by atoms with van der Waals surface area (Å²) in [6.45, 7) is 5.68. The van der Waals surface area contributed by atoms with E-state index in [0.717, 1.165) is 22.4 Å². The number of nitrogens with zero attached hydrogens (tertiary/aromatic N) is 1. The van der Waals surface area contributed by atoms with Gasteiger partial charge in [-0.1, -0.05) is 18.2 Å². The fourth-order valence-corrected chi connectivity index (χ4v) is 2.95. The van der Waals surface area contributed by atoms with E-state index in [2.05, 4.69) is 29.0 Å². The van der Waals surface area contributed by atoms with Gasteiger partial charge in [0.15, 0.2) is 6.20 Å². The van der Waals surface area contributed by atoms with Crippen LogP contribution in [0, 0.1) is 26.6 Å². The number of hydrogen-bond acceptors (Lipinski definition) is 0. The van der Waals surface area contributed by atoms with Crippen LogP contribution in [0.4, 0.5) is 4.39 Å². The lowest BCUT2D eigenvalue weighted by molar-refractivity contribution is -0.659. The first-order valence-corrected chi connectivity index (χ1v) is 7.14. The van der Waals surface area contributed by atoms with Crippen LogP contribution in [0.5, 0.6) is 0 Å². The number of halogens is 1. The Morgan fingerprint density at radius 1 is 0.952 bits per heavy atom. The van der Waals surface area contributed by atoms with E-state index in [9.17, 15) is 4.39 Å². The molecule has 1 nitrogen and oxygen atoms in total. The first-order valence-electron chi connectivity index (χ1n) is 7.14. The van der Waals surface area contributed by atoms with E-state index in [-0.39, 0.29) is 5.82 Å². The van der Waals surface area contributed by atoms with Crippen molar-refractivity contribution in [3.63, 3.8) is 0 Å². The lowest BCUT2D eigenvalue weighted by atomic mass is 9.94. The van der Waals surface area contributed by atoms with Crippen LogP contribution in [-0.2, 0) is 7.05 Å². The molecule has 0 saturated heterocycles. The van der Waals surface area contributed by atoms with Crippen molar-refractivity contribution in [1.29, 1.82) is 0 Å². The summed E-state index contributed by atoms with van der Waals surface area (Å²) in [4.78, 5) is 0. The Labute approximate surface area is 124 Å². The van der Waals surface area contributed by atoms with E-state index in [1.165, 1.54) is 10.8 Å². The second-order valence-electron chi connectivity index (χ2n) is 5.67. The van der Waals surface area contributed by atoms with Gasteiger partial charge in [0.1, 0.15) is 12.9 Å². The maximum Gasteiger partial charge on any atom is 0.220 e. The molecule has 21 heavy (non-hydrogen) atoms. The summed E-state index contributed by atoms with van der Waals surface area (Å²) in [6, 6.07) is 12.4. The first-order chi connectivity index (χ1) is 10.0. The summed E-state index contributed by atoms with van der Waals surface area (Å²) in [5, 5.41) is 2.39. The highest BCUT2D eigenvalue weighted by Crippen LogP contribution is 2.31. The molecular formula is C19H19FN+. The lowest BCUT2D eigenvalue weighted by Crippen LogP contribution is -2.30. The fraction of sp³-hybridized carbons (Fsp3) is 0.211. The predicted molar refractivity (Wildman–Crippen MR) is 84.7 cm³/mol. The Morgan fingerprint density at radius 3 is 2.43 bits per heavy atom. The molecular weight excluding hydrogens is 261 g/mol. The van der Waals surface area contributed by atoms with Crippen LogP contribution in [0.25, 0.3) is 22.0 Å². The van der Waals surface area contributed by atoms with Crippen LogP contribution in [0.3, 0.4) is 0 Å². The molecule has 0 bridgehead atoms. The molecule has 3 rings (SSSR count). The Bertz CT molecular complexity index is 850. The molecule has 3 aromatic rings. The largest absolute Gasteiger partial charge is 0.220 e. The van der Waals surface area contributed by atoms with Crippen molar-refractivity contribution >= 4 is 10.8 Å². The minimum atomic E-state index is -0.0980. The van der Waals surface area contributed by atoms with Gasteiger partial charge >= 0.3 is 0 Å². The number of hydrogen-bond donors (Lipinski definition) is 0. The average Bonchev–Trinajstić information content (AvgIpc) is 2.49. The van der Waals surface area contributed by atoms with Crippen LogP contribution >= 0.6 is 0 Å². The molecule has 1 heterocycles. The number of aryl methyl sites for hydroxylation is 2. The molecule has 0 aliphatic rings. The molecule has 0 radical (unpaired) electrons. The number of benzene rings is 2. The summed E-state index contributed by atoms with van der Waals surface area (Å²) >= 11 is 0. The summed E-state index contributed by atoms with van der Waals surface area (Å²) in [7, 11) is 2.04. The van der Waals surface area contributed by atoms with Crippen molar-refractivity contribution in [1.82, 2.24) is 0 Å². The maximum absolute atomic E-state index is 14.1. The van der Waals surface area contributed by atoms with Gasteiger partial charge in [0, 0.05) is 6.07 Å². The van der Waals surface area contributed by atoms with Crippen molar-refractivity contribution in [2.75, 3.05) is 0 Å². The molecule has 0 atom stereocenters. The molecule has 0 aliphatic heterocycles. The summed E-state index contributed by atoms with van der Waals surface area (Å²) in [5.74, 6) is -0.0980. The normalized spacial score (nSPS) is 11.1. The molecule has 106 valence electrons. The molecule has 2 heteroatoms. The Kier molecular flexibility index (Phi) is 3.25. The van der Waals surface area contributed by atoms with Crippen molar-refractivity contribution in [2.24, 2.45) is 7.05 Å². The fourth-order valence-electron chi connectivity index (χ4n) is 2.95. The Balaban J connectivity index is 2.44. The van der Waals surface area contributed by atoms with E-state index in [1.807, 2.05) is 46.0 Å². The monoisotopic (exact) mass is 280 g/mol. The van der Waals surface area contributed by atoms with Crippen molar-refractivity contribution in [3.8, 4) is 11.3 Å². The zero-order valence-corrected chi connectivity index (χ0v) is 12.9. The minimum absolute atomic E-state index is 0.0980. The van der Waals surface area contributed by atoms with E-state index in [1.54, 1.807) is 0 Å². The van der Waals surface area contributed by atoms with E-state index in [0.29, 0.717) is 5.56 Å². The van der Waals surface area contributed by atoms with E-state index < -0.39 is 0 Å². The van der Waals surface area contributed by atoms with Gasteiger partial charge in [-0.15, -0.1) is 0 Å². The maximum atomic E-state index is 14.1. The van der Waals surface area contributed by atoms with Gasteiger partial charge < -0.3 is 0 Å². The van der Waals surface area contributed by atoms with Gasteiger partial charge in [-0.25, -0.2) is 8.96 Å². The summed E-state index contributed by atoms with van der Waals surface area (Å²) in [5.41, 5.74) is 4.67. The van der Waals surface area contributed by atoms with Crippen LogP contribution < -0.4 is 4.57 Å².